The maximum atomic E-state index is 12.1. The lowest BCUT2D eigenvalue weighted by Crippen LogP contribution is -2.47. The molecule has 0 radical (unpaired) electrons. The standard InChI is InChI=1S/C11H13NO5S2/c1-3-5-8-9(6-4-2)18(15)10(11(13)14)7-12(8)19(16)17/h3-6,10,19H,1-2,7H2,(H,13,14)/b8-5+,9-6+/t10-,18?/m1/s1. The van der Waals surface area contributed by atoms with Crippen molar-refractivity contribution in [3.05, 3.63) is 48.1 Å². The second-order valence-corrected chi connectivity index (χ2v) is 6.06. The maximum Gasteiger partial charge on any atom is 0.359 e. The molecule has 0 bridgehead atoms. The van der Waals surface area contributed by atoms with Crippen molar-refractivity contribution in [1.82, 2.24) is 4.31 Å². The molecule has 1 heterocycles. The third-order valence-corrected chi connectivity index (χ3v) is 4.78. The first kappa shape index (κ1) is 15.5. The zero-order chi connectivity index (χ0) is 14.6. The minimum atomic E-state index is -3.03. The Balaban J connectivity index is 3.39. The van der Waals surface area contributed by atoms with Crippen molar-refractivity contribution in [2.45, 2.75) is 5.25 Å². The van der Waals surface area contributed by atoms with Crippen LogP contribution in [0, 0.1) is 0 Å². The summed E-state index contributed by atoms with van der Waals surface area (Å²) in [5.74, 6) is -1.31. The molecule has 0 spiro atoms. The number of carboxylic acid groups (broad SMARTS) is 1. The first-order chi connectivity index (χ1) is 8.93. The van der Waals surface area contributed by atoms with E-state index in [2.05, 4.69) is 13.2 Å². The quantitative estimate of drug-likeness (QED) is 0.570. The number of hydrogen-bond donors (Lipinski definition) is 2. The van der Waals surface area contributed by atoms with Crippen LogP contribution in [0.5, 0.6) is 0 Å². The first-order valence-corrected chi connectivity index (χ1v) is 7.49. The monoisotopic (exact) mass is 303 g/mol. The zero-order valence-corrected chi connectivity index (χ0v) is 11.6. The van der Waals surface area contributed by atoms with Crippen LogP contribution in [0.15, 0.2) is 48.1 Å². The van der Waals surface area contributed by atoms with Gasteiger partial charge in [-0.05, 0) is 12.2 Å². The Labute approximate surface area is 115 Å². The number of thiol groups is 1. The van der Waals surface area contributed by atoms with Gasteiger partial charge in [-0.3, -0.25) is 4.31 Å². The molecular weight excluding hydrogens is 290 g/mol. The summed E-state index contributed by atoms with van der Waals surface area (Å²) in [5.41, 5.74) is 0.154. The molecule has 1 N–H and O–H groups in total. The van der Waals surface area contributed by atoms with Gasteiger partial charge in [0.05, 0.1) is 6.54 Å². The topological polar surface area (TPSA) is 97.7 Å². The Bertz CT molecular complexity index is 527. The Kier molecular flexibility index (Phi) is 5.40. The lowest BCUT2D eigenvalue weighted by atomic mass is 10.3. The molecule has 1 fully saturated rings. The molecule has 19 heavy (non-hydrogen) atoms. The highest BCUT2D eigenvalue weighted by Gasteiger charge is 2.44. The van der Waals surface area contributed by atoms with Crippen molar-refractivity contribution >= 4 is 28.0 Å². The molecule has 1 unspecified atom stereocenters. The molecule has 0 saturated carbocycles. The third-order valence-electron chi connectivity index (χ3n) is 2.36. The van der Waals surface area contributed by atoms with Crippen molar-refractivity contribution in [2.24, 2.45) is 0 Å². The van der Waals surface area contributed by atoms with Crippen LogP contribution in [0.4, 0.5) is 0 Å². The molecule has 8 heteroatoms. The fourth-order valence-corrected chi connectivity index (χ4v) is 3.78. The Morgan fingerprint density at radius 2 is 2.00 bits per heavy atom. The zero-order valence-electron chi connectivity index (χ0n) is 9.89. The highest BCUT2D eigenvalue weighted by atomic mass is 32.2. The van der Waals surface area contributed by atoms with Crippen LogP contribution >= 0.6 is 0 Å². The molecule has 0 amide bonds. The van der Waals surface area contributed by atoms with Crippen LogP contribution in [0.25, 0.3) is 0 Å². The summed E-state index contributed by atoms with van der Waals surface area (Å²) in [5, 5.41) is 7.70. The summed E-state index contributed by atoms with van der Waals surface area (Å²) in [6.07, 6.45) is 5.38. The van der Waals surface area contributed by atoms with Crippen LogP contribution in [0.3, 0.4) is 0 Å². The minimum Gasteiger partial charge on any atom is -0.611 e. The summed E-state index contributed by atoms with van der Waals surface area (Å²) in [6.45, 7) is 6.53. The minimum absolute atomic E-state index is 0.104. The van der Waals surface area contributed by atoms with Crippen molar-refractivity contribution in [3.8, 4) is 0 Å². The van der Waals surface area contributed by atoms with E-state index < -0.39 is 33.3 Å². The van der Waals surface area contributed by atoms with E-state index in [4.69, 9.17) is 5.11 Å². The van der Waals surface area contributed by atoms with Gasteiger partial charge in [-0.1, -0.05) is 25.3 Å². The van der Waals surface area contributed by atoms with Crippen molar-refractivity contribution in [2.75, 3.05) is 6.54 Å². The van der Waals surface area contributed by atoms with Crippen molar-refractivity contribution in [3.63, 3.8) is 0 Å². The molecule has 0 aliphatic carbocycles. The van der Waals surface area contributed by atoms with Gasteiger partial charge in [0, 0.05) is 11.2 Å². The van der Waals surface area contributed by atoms with E-state index in [1.54, 1.807) is 0 Å². The van der Waals surface area contributed by atoms with Crippen LogP contribution in [-0.4, -0.2) is 40.1 Å². The average Bonchev–Trinajstić information content (AvgIpc) is 2.33. The molecule has 1 saturated heterocycles. The SMILES string of the molecule is C=C/C=C1\C(=C/C=C)[S+]([O-])[C@@H](C(=O)O)CN1[SH](=O)=O. The van der Waals surface area contributed by atoms with Crippen LogP contribution in [0.1, 0.15) is 0 Å². The van der Waals surface area contributed by atoms with Gasteiger partial charge >= 0.3 is 5.97 Å². The number of hydrogen-bond acceptors (Lipinski definition) is 4. The van der Waals surface area contributed by atoms with E-state index in [1.165, 1.54) is 24.3 Å². The molecule has 0 aromatic heterocycles. The Morgan fingerprint density at radius 3 is 2.42 bits per heavy atom. The van der Waals surface area contributed by atoms with Gasteiger partial charge in [-0.25, -0.2) is 13.2 Å². The van der Waals surface area contributed by atoms with Crippen LogP contribution in [0.2, 0.25) is 0 Å². The highest BCUT2D eigenvalue weighted by Crippen LogP contribution is 2.31. The fourth-order valence-electron chi connectivity index (χ4n) is 1.57. The normalized spacial score (nSPS) is 27.8. The molecule has 1 aliphatic rings. The molecule has 6 nitrogen and oxygen atoms in total. The van der Waals surface area contributed by atoms with Gasteiger partial charge in [-0.15, -0.1) is 0 Å². The van der Waals surface area contributed by atoms with Crippen LogP contribution in [-0.2, 0) is 26.9 Å². The van der Waals surface area contributed by atoms with E-state index in [0.29, 0.717) is 0 Å². The number of allylic oxidation sites excluding steroid dienone is 4. The van der Waals surface area contributed by atoms with Crippen molar-refractivity contribution in [1.29, 1.82) is 0 Å². The van der Waals surface area contributed by atoms with Gasteiger partial charge in [0.2, 0.25) is 16.1 Å². The average molecular weight is 303 g/mol. The summed E-state index contributed by atoms with van der Waals surface area (Å²) in [6, 6.07) is 0. The predicted octanol–water partition coefficient (Wildman–Crippen LogP) is 0.170. The van der Waals surface area contributed by atoms with E-state index in [1.807, 2.05) is 0 Å². The van der Waals surface area contributed by atoms with E-state index in [0.717, 1.165) is 4.31 Å². The van der Waals surface area contributed by atoms with Gasteiger partial charge < -0.3 is 9.66 Å². The number of rotatable bonds is 4. The second kappa shape index (κ2) is 6.60. The molecule has 104 valence electrons. The smallest absolute Gasteiger partial charge is 0.359 e. The summed E-state index contributed by atoms with van der Waals surface area (Å²) in [4.78, 5) is 11.1. The van der Waals surface area contributed by atoms with E-state index in [-0.39, 0.29) is 17.1 Å². The van der Waals surface area contributed by atoms with Crippen LogP contribution < -0.4 is 0 Å². The third kappa shape index (κ3) is 3.28. The van der Waals surface area contributed by atoms with E-state index in [9.17, 15) is 17.8 Å². The lowest BCUT2D eigenvalue weighted by molar-refractivity contribution is -0.136. The largest absolute Gasteiger partial charge is 0.611 e. The van der Waals surface area contributed by atoms with Crippen molar-refractivity contribution < 1.29 is 22.9 Å². The van der Waals surface area contributed by atoms with Gasteiger partial charge in [0.25, 0.3) is 0 Å². The highest BCUT2D eigenvalue weighted by molar-refractivity contribution is 7.97. The summed E-state index contributed by atoms with van der Waals surface area (Å²) >= 11 is -1.85. The van der Waals surface area contributed by atoms with Gasteiger partial charge in [0.1, 0.15) is 5.70 Å². The first-order valence-electron chi connectivity index (χ1n) is 5.15. The number of carboxylic acids is 1. The maximum absolute atomic E-state index is 12.1. The molecule has 0 aromatic rings. The second-order valence-electron chi connectivity index (χ2n) is 3.50. The predicted molar refractivity (Wildman–Crippen MR) is 73.1 cm³/mol. The molecule has 2 atom stereocenters. The molecule has 1 rings (SSSR count). The number of aliphatic carboxylic acids is 1. The van der Waals surface area contributed by atoms with Gasteiger partial charge in [0.15, 0.2) is 4.91 Å². The number of carbonyl (C=O) groups is 1. The molecule has 0 aromatic carbocycles. The molecular formula is C11H13NO5S2. The Morgan fingerprint density at radius 1 is 1.42 bits per heavy atom. The summed E-state index contributed by atoms with van der Waals surface area (Å²) < 4.78 is 35.4. The van der Waals surface area contributed by atoms with E-state index >= 15 is 0 Å². The molecule has 1 aliphatic heterocycles. The van der Waals surface area contributed by atoms with Gasteiger partial charge in [-0.2, -0.15) is 0 Å². The Hall–Kier alpha value is -1.51. The lowest BCUT2D eigenvalue weighted by Gasteiger charge is -2.32. The number of nitrogens with zero attached hydrogens (tertiary/aromatic N) is 1. The summed E-state index contributed by atoms with van der Waals surface area (Å²) in [7, 11) is -3.03. The fraction of sp³-hybridized carbons (Fsp3) is 0.182.